The molecule has 0 heterocycles. The van der Waals surface area contributed by atoms with Crippen LogP contribution in [0.3, 0.4) is 0 Å². The maximum atomic E-state index is 13.6. The summed E-state index contributed by atoms with van der Waals surface area (Å²) in [5, 5.41) is 2.74. The molecule has 1 unspecified atom stereocenters. The Kier molecular flexibility index (Phi) is 5.84. The van der Waals surface area contributed by atoms with Crippen molar-refractivity contribution in [1.29, 1.82) is 0 Å². The van der Waals surface area contributed by atoms with Gasteiger partial charge < -0.3 is 10.1 Å². The molecule has 142 valence electrons. The van der Waals surface area contributed by atoms with Crippen molar-refractivity contribution in [2.75, 3.05) is 6.61 Å². The maximum Gasteiger partial charge on any atom is 0.344 e. The Labute approximate surface area is 156 Å². The quantitative estimate of drug-likeness (QED) is 0.810. The van der Waals surface area contributed by atoms with Crippen LogP contribution in [0.5, 0.6) is 0 Å². The Morgan fingerprint density at radius 3 is 2.44 bits per heavy atom. The second-order valence-corrected chi connectivity index (χ2v) is 6.70. The molecule has 0 fully saturated rings. The molecule has 0 spiro atoms. The van der Waals surface area contributed by atoms with Crippen molar-refractivity contribution in [3.05, 3.63) is 70.3 Å². The Bertz CT molecular complexity index is 846. The van der Waals surface area contributed by atoms with Crippen LogP contribution >= 0.6 is 0 Å². The zero-order valence-corrected chi connectivity index (χ0v) is 15.1. The van der Waals surface area contributed by atoms with Crippen LogP contribution in [0, 0.1) is 11.6 Å². The van der Waals surface area contributed by atoms with E-state index in [1.54, 1.807) is 0 Å². The van der Waals surface area contributed by atoms with E-state index in [0.29, 0.717) is 0 Å². The van der Waals surface area contributed by atoms with Crippen LogP contribution in [-0.4, -0.2) is 18.5 Å². The third-order valence-electron chi connectivity index (χ3n) is 4.75. The number of aryl methyl sites for hydroxylation is 2. The van der Waals surface area contributed by atoms with Gasteiger partial charge in [-0.3, -0.25) is 4.79 Å². The van der Waals surface area contributed by atoms with Gasteiger partial charge in [-0.2, -0.15) is 0 Å². The predicted octanol–water partition coefficient (Wildman–Crippen LogP) is 3.88. The zero-order chi connectivity index (χ0) is 19.4. The van der Waals surface area contributed by atoms with Gasteiger partial charge in [0.25, 0.3) is 5.91 Å². The Morgan fingerprint density at radius 2 is 1.74 bits per heavy atom. The molecule has 1 amide bonds. The monoisotopic (exact) mass is 373 g/mol. The summed E-state index contributed by atoms with van der Waals surface area (Å²) in [4.78, 5) is 23.9. The molecular weight excluding hydrogens is 352 g/mol. The normalized spacial score (nSPS) is 14.2. The molecule has 2 aromatic carbocycles. The number of hydrogen-bond donors (Lipinski definition) is 1. The van der Waals surface area contributed by atoms with Crippen molar-refractivity contribution in [3.8, 4) is 0 Å². The summed E-state index contributed by atoms with van der Waals surface area (Å²) < 4.78 is 31.9. The maximum absolute atomic E-state index is 13.6. The summed E-state index contributed by atoms with van der Waals surface area (Å²) in [6, 6.07) is 8.96. The van der Waals surface area contributed by atoms with Gasteiger partial charge in [-0.1, -0.05) is 24.3 Å². The summed E-state index contributed by atoms with van der Waals surface area (Å²) in [6.07, 6.45) is 4.49. The SMILES string of the molecule is CC(NC(=O)COC(=O)c1c(F)cccc1F)c1ccc2c(c1)CCCC2. The number of ether oxygens (including phenoxy) is 1. The second-order valence-electron chi connectivity index (χ2n) is 6.70. The number of benzene rings is 2. The lowest BCUT2D eigenvalue weighted by molar-refractivity contribution is -0.124. The highest BCUT2D eigenvalue weighted by molar-refractivity contribution is 5.91. The minimum atomic E-state index is -1.21. The molecule has 4 nitrogen and oxygen atoms in total. The standard InChI is InChI=1S/C21H21F2NO3/c1-13(15-10-9-14-5-2-3-6-16(14)11-15)24-19(25)12-27-21(26)20-17(22)7-4-8-18(20)23/h4,7-11,13H,2-3,5-6,12H2,1H3,(H,24,25). The number of fused-ring (bicyclic) bond motifs is 1. The van der Waals surface area contributed by atoms with Gasteiger partial charge in [-0.05, 0) is 61.4 Å². The van der Waals surface area contributed by atoms with Gasteiger partial charge in [0.05, 0.1) is 6.04 Å². The average Bonchev–Trinajstić information content (AvgIpc) is 2.65. The third-order valence-corrected chi connectivity index (χ3v) is 4.75. The fourth-order valence-corrected chi connectivity index (χ4v) is 3.29. The Hall–Kier alpha value is -2.76. The highest BCUT2D eigenvalue weighted by atomic mass is 19.1. The highest BCUT2D eigenvalue weighted by Gasteiger charge is 2.20. The highest BCUT2D eigenvalue weighted by Crippen LogP contribution is 2.24. The number of carbonyl (C=O) groups is 2. The molecule has 0 aliphatic heterocycles. The van der Waals surface area contributed by atoms with Crippen LogP contribution < -0.4 is 5.32 Å². The average molecular weight is 373 g/mol. The Morgan fingerprint density at radius 1 is 1.07 bits per heavy atom. The predicted molar refractivity (Wildman–Crippen MR) is 96.3 cm³/mol. The van der Waals surface area contributed by atoms with Gasteiger partial charge in [-0.15, -0.1) is 0 Å². The van der Waals surface area contributed by atoms with E-state index in [2.05, 4.69) is 17.4 Å². The smallest absolute Gasteiger partial charge is 0.344 e. The number of hydrogen-bond acceptors (Lipinski definition) is 3. The summed E-state index contributed by atoms with van der Waals surface area (Å²) in [5.41, 5.74) is 2.83. The molecule has 1 atom stereocenters. The molecular formula is C21H21F2NO3. The first-order valence-electron chi connectivity index (χ1n) is 8.98. The molecule has 1 aliphatic carbocycles. The van der Waals surface area contributed by atoms with Crippen LogP contribution in [0.15, 0.2) is 36.4 Å². The van der Waals surface area contributed by atoms with E-state index in [9.17, 15) is 18.4 Å². The largest absolute Gasteiger partial charge is 0.452 e. The van der Waals surface area contributed by atoms with E-state index >= 15 is 0 Å². The van der Waals surface area contributed by atoms with E-state index in [1.807, 2.05) is 13.0 Å². The lowest BCUT2D eigenvalue weighted by atomic mass is 9.89. The molecule has 0 aromatic heterocycles. The zero-order valence-electron chi connectivity index (χ0n) is 15.1. The molecule has 0 saturated heterocycles. The third kappa shape index (κ3) is 4.51. The van der Waals surface area contributed by atoms with Crippen LogP contribution in [0.25, 0.3) is 0 Å². The molecule has 27 heavy (non-hydrogen) atoms. The first-order valence-corrected chi connectivity index (χ1v) is 8.98. The van der Waals surface area contributed by atoms with Gasteiger partial charge in [0.2, 0.25) is 0 Å². The van der Waals surface area contributed by atoms with Gasteiger partial charge in [0.15, 0.2) is 6.61 Å². The van der Waals surface area contributed by atoms with E-state index < -0.39 is 35.7 Å². The number of rotatable bonds is 5. The molecule has 0 bridgehead atoms. The lowest BCUT2D eigenvalue weighted by Crippen LogP contribution is -2.31. The fraction of sp³-hybridized carbons (Fsp3) is 0.333. The molecule has 3 rings (SSSR count). The van der Waals surface area contributed by atoms with E-state index in [4.69, 9.17) is 4.74 Å². The molecule has 2 aromatic rings. The van der Waals surface area contributed by atoms with Gasteiger partial charge in [-0.25, -0.2) is 13.6 Å². The van der Waals surface area contributed by atoms with Crippen molar-refractivity contribution in [3.63, 3.8) is 0 Å². The number of amides is 1. The van der Waals surface area contributed by atoms with Crippen LogP contribution in [0.2, 0.25) is 0 Å². The first kappa shape index (κ1) is 19.0. The molecule has 6 heteroatoms. The summed E-state index contributed by atoms with van der Waals surface area (Å²) >= 11 is 0. The van der Waals surface area contributed by atoms with E-state index in [1.165, 1.54) is 24.0 Å². The lowest BCUT2D eigenvalue weighted by Gasteiger charge is -2.20. The van der Waals surface area contributed by atoms with Crippen molar-refractivity contribution >= 4 is 11.9 Å². The van der Waals surface area contributed by atoms with Gasteiger partial charge in [0, 0.05) is 0 Å². The van der Waals surface area contributed by atoms with Crippen LogP contribution in [0.4, 0.5) is 8.78 Å². The number of nitrogens with one attached hydrogen (secondary N) is 1. The molecule has 1 aliphatic rings. The van der Waals surface area contributed by atoms with Crippen molar-refractivity contribution < 1.29 is 23.1 Å². The van der Waals surface area contributed by atoms with Crippen molar-refractivity contribution in [1.82, 2.24) is 5.32 Å². The Balaban J connectivity index is 1.57. The fourth-order valence-electron chi connectivity index (χ4n) is 3.29. The van der Waals surface area contributed by atoms with Gasteiger partial charge in [0.1, 0.15) is 17.2 Å². The molecule has 1 N–H and O–H groups in total. The summed E-state index contributed by atoms with van der Waals surface area (Å²) in [5.74, 6) is -3.79. The second kappa shape index (κ2) is 8.29. The number of esters is 1. The first-order chi connectivity index (χ1) is 13.0. The van der Waals surface area contributed by atoms with E-state index in [-0.39, 0.29) is 6.04 Å². The van der Waals surface area contributed by atoms with Gasteiger partial charge >= 0.3 is 5.97 Å². The minimum absolute atomic E-state index is 0.270. The van der Waals surface area contributed by atoms with Crippen molar-refractivity contribution in [2.24, 2.45) is 0 Å². The molecule has 0 saturated carbocycles. The topological polar surface area (TPSA) is 55.4 Å². The number of halogens is 2. The van der Waals surface area contributed by atoms with Crippen LogP contribution in [0.1, 0.15) is 52.9 Å². The van der Waals surface area contributed by atoms with Crippen LogP contribution in [-0.2, 0) is 22.4 Å². The summed E-state index contributed by atoms with van der Waals surface area (Å²) in [7, 11) is 0. The van der Waals surface area contributed by atoms with E-state index in [0.717, 1.165) is 36.6 Å². The summed E-state index contributed by atoms with van der Waals surface area (Å²) in [6.45, 7) is 1.22. The van der Waals surface area contributed by atoms with Crippen molar-refractivity contribution in [2.45, 2.75) is 38.6 Å². The number of carbonyl (C=O) groups excluding carboxylic acids is 2. The molecule has 0 radical (unpaired) electrons. The minimum Gasteiger partial charge on any atom is -0.452 e.